The summed E-state index contributed by atoms with van der Waals surface area (Å²) in [5, 5.41) is 9.69. The second kappa shape index (κ2) is 5.48. The zero-order valence-electron chi connectivity index (χ0n) is 11.1. The van der Waals surface area contributed by atoms with Crippen molar-refractivity contribution in [2.45, 2.75) is 11.1 Å². The van der Waals surface area contributed by atoms with Crippen molar-refractivity contribution in [2.24, 2.45) is 0 Å². The van der Waals surface area contributed by atoms with Gasteiger partial charge in [0, 0.05) is 22.4 Å². The number of phenolic OH excluding ortho intramolecular Hbond substituents is 1. The Kier molecular flexibility index (Phi) is 4.14. The number of sulfone groups is 1. The Morgan fingerprint density at radius 3 is 2.18 bits per heavy atom. The summed E-state index contributed by atoms with van der Waals surface area (Å²) in [6.45, 7) is 0. The number of aromatic hydroxyl groups is 1. The smallest absolute Gasteiger partial charge is 0.416 e. The molecular weight excluding hydrogens is 341 g/mol. The molecule has 0 spiro atoms. The van der Waals surface area contributed by atoms with Gasteiger partial charge in [-0.05, 0) is 30.3 Å². The molecule has 0 fully saturated rings. The number of hydrogen-bond donors (Lipinski definition) is 1. The van der Waals surface area contributed by atoms with Gasteiger partial charge in [0.05, 0.1) is 10.5 Å². The molecule has 3 nitrogen and oxygen atoms in total. The Labute approximate surface area is 129 Å². The Bertz CT molecular complexity index is 830. The first-order valence-electron chi connectivity index (χ1n) is 5.90. The van der Waals surface area contributed by atoms with E-state index in [9.17, 15) is 26.7 Å². The quantitative estimate of drug-likeness (QED) is 0.885. The molecule has 0 radical (unpaired) electrons. The summed E-state index contributed by atoms with van der Waals surface area (Å²) in [5.74, 6) is -0.387. The molecule has 1 N–H and O–H groups in total. The Hall–Kier alpha value is -1.73. The van der Waals surface area contributed by atoms with Gasteiger partial charge in [-0.15, -0.1) is 0 Å². The third-order valence-corrected chi connectivity index (χ3v) is 4.41. The molecule has 2 aromatic carbocycles. The Balaban J connectivity index is 2.62. The van der Waals surface area contributed by atoms with Gasteiger partial charge in [-0.25, -0.2) is 8.42 Å². The molecule has 118 valence electrons. The molecule has 0 saturated carbocycles. The monoisotopic (exact) mass is 350 g/mol. The third kappa shape index (κ3) is 3.36. The average molecular weight is 351 g/mol. The first-order chi connectivity index (χ1) is 10.00. The fraction of sp³-hybridized carbons (Fsp3) is 0.143. The summed E-state index contributed by atoms with van der Waals surface area (Å²) in [5.41, 5.74) is -0.957. The van der Waals surface area contributed by atoms with Crippen molar-refractivity contribution in [1.29, 1.82) is 0 Å². The van der Waals surface area contributed by atoms with Crippen LogP contribution in [-0.4, -0.2) is 19.8 Å². The summed E-state index contributed by atoms with van der Waals surface area (Å²) in [6, 6.07) is 6.03. The number of hydrogen-bond acceptors (Lipinski definition) is 3. The summed E-state index contributed by atoms with van der Waals surface area (Å²) >= 11 is 5.95. The Morgan fingerprint density at radius 2 is 1.68 bits per heavy atom. The minimum atomic E-state index is -4.57. The van der Waals surface area contributed by atoms with Gasteiger partial charge in [0.1, 0.15) is 5.75 Å². The van der Waals surface area contributed by atoms with Crippen molar-refractivity contribution in [1.82, 2.24) is 0 Å². The number of alkyl halides is 3. The van der Waals surface area contributed by atoms with Crippen LogP contribution >= 0.6 is 11.6 Å². The third-order valence-electron chi connectivity index (χ3n) is 2.98. The maximum Gasteiger partial charge on any atom is 0.416 e. The fourth-order valence-corrected chi connectivity index (χ4v) is 2.87. The van der Waals surface area contributed by atoms with Crippen LogP contribution in [0.5, 0.6) is 5.75 Å². The maximum atomic E-state index is 12.7. The van der Waals surface area contributed by atoms with Gasteiger partial charge in [-0.1, -0.05) is 17.7 Å². The van der Waals surface area contributed by atoms with Gasteiger partial charge >= 0.3 is 6.18 Å². The van der Waals surface area contributed by atoms with E-state index >= 15 is 0 Å². The Morgan fingerprint density at radius 1 is 1.05 bits per heavy atom. The molecular formula is C14H10ClF3O3S. The molecule has 0 aliphatic heterocycles. The van der Waals surface area contributed by atoms with E-state index in [1.54, 1.807) is 0 Å². The van der Waals surface area contributed by atoms with Crippen molar-refractivity contribution < 1.29 is 26.7 Å². The van der Waals surface area contributed by atoms with E-state index in [1.165, 1.54) is 12.1 Å². The van der Waals surface area contributed by atoms with Crippen molar-refractivity contribution in [3.8, 4) is 16.9 Å². The number of benzene rings is 2. The van der Waals surface area contributed by atoms with Crippen LogP contribution in [-0.2, 0) is 16.0 Å². The summed E-state index contributed by atoms with van der Waals surface area (Å²) in [7, 11) is -3.49. The lowest BCUT2D eigenvalue weighted by atomic mass is 10.0. The minimum absolute atomic E-state index is 0.0623. The highest BCUT2D eigenvalue weighted by Gasteiger charge is 2.31. The van der Waals surface area contributed by atoms with Gasteiger partial charge in [-0.3, -0.25) is 0 Å². The summed E-state index contributed by atoms with van der Waals surface area (Å²) < 4.78 is 61.1. The van der Waals surface area contributed by atoms with E-state index in [4.69, 9.17) is 11.6 Å². The predicted octanol–water partition coefficient (Wildman–Crippen LogP) is 4.13. The van der Waals surface area contributed by atoms with E-state index in [-0.39, 0.29) is 26.8 Å². The molecule has 22 heavy (non-hydrogen) atoms. The van der Waals surface area contributed by atoms with Crippen LogP contribution in [0.3, 0.4) is 0 Å². The van der Waals surface area contributed by atoms with Gasteiger partial charge in [0.2, 0.25) is 0 Å². The maximum absolute atomic E-state index is 12.7. The zero-order valence-corrected chi connectivity index (χ0v) is 12.7. The molecule has 2 aromatic rings. The standard InChI is InChI=1S/C14H10ClF3O3S/c1-22(20,21)9-3-4-10(12(15)7-9)11-6-8(14(16,17)18)2-5-13(11)19/h2-7,19H,1H3. The first-order valence-corrected chi connectivity index (χ1v) is 8.17. The largest absolute Gasteiger partial charge is 0.507 e. The van der Waals surface area contributed by atoms with E-state index < -0.39 is 21.6 Å². The molecule has 0 aliphatic carbocycles. The van der Waals surface area contributed by atoms with E-state index in [1.807, 2.05) is 0 Å². The average Bonchev–Trinajstić information content (AvgIpc) is 2.37. The second-order valence-electron chi connectivity index (χ2n) is 4.64. The fourth-order valence-electron chi connectivity index (χ4n) is 1.87. The van der Waals surface area contributed by atoms with Crippen molar-refractivity contribution >= 4 is 21.4 Å². The van der Waals surface area contributed by atoms with Crippen LogP contribution in [0.1, 0.15) is 5.56 Å². The van der Waals surface area contributed by atoms with Gasteiger partial charge < -0.3 is 5.11 Å². The van der Waals surface area contributed by atoms with Crippen LogP contribution in [0.2, 0.25) is 5.02 Å². The van der Waals surface area contributed by atoms with Gasteiger partial charge in [0.15, 0.2) is 9.84 Å². The number of phenols is 1. The molecule has 0 atom stereocenters. The molecule has 0 aliphatic rings. The van der Waals surface area contributed by atoms with Crippen LogP contribution in [0.25, 0.3) is 11.1 Å². The van der Waals surface area contributed by atoms with Crippen LogP contribution in [0, 0.1) is 0 Å². The summed E-state index contributed by atoms with van der Waals surface area (Å²) in [6.07, 6.45) is -3.58. The molecule has 0 amide bonds. The molecule has 0 aromatic heterocycles. The van der Waals surface area contributed by atoms with Gasteiger partial charge in [0.25, 0.3) is 0 Å². The molecule has 0 bridgehead atoms. The summed E-state index contributed by atoms with van der Waals surface area (Å²) in [4.78, 5) is -0.0623. The van der Waals surface area contributed by atoms with E-state index in [2.05, 4.69) is 0 Å². The number of halogens is 4. The molecule has 2 rings (SSSR count). The predicted molar refractivity (Wildman–Crippen MR) is 76.7 cm³/mol. The lowest BCUT2D eigenvalue weighted by Gasteiger charge is -2.12. The van der Waals surface area contributed by atoms with Crippen molar-refractivity contribution in [3.63, 3.8) is 0 Å². The lowest BCUT2D eigenvalue weighted by Crippen LogP contribution is -2.04. The molecule has 8 heteroatoms. The van der Waals surface area contributed by atoms with Crippen molar-refractivity contribution in [2.75, 3.05) is 6.26 Å². The van der Waals surface area contributed by atoms with Crippen LogP contribution in [0.4, 0.5) is 13.2 Å². The van der Waals surface area contributed by atoms with Gasteiger partial charge in [-0.2, -0.15) is 13.2 Å². The van der Waals surface area contributed by atoms with E-state index in [0.29, 0.717) is 0 Å². The van der Waals surface area contributed by atoms with Crippen LogP contribution in [0.15, 0.2) is 41.3 Å². The topological polar surface area (TPSA) is 54.4 Å². The highest BCUT2D eigenvalue weighted by atomic mass is 35.5. The van der Waals surface area contributed by atoms with Crippen LogP contribution < -0.4 is 0 Å². The molecule has 0 unspecified atom stereocenters. The number of rotatable bonds is 2. The zero-order chi connectivity index (χ0) is 16.7. The minimum Gasteiger partial charge on any atom is -0.507 e. The second-order valence-corrected chi connectivity index (χ2v) is 7.07. The van der Waals surface area contributed by atoms with E-state index in [0.717, 1.165) is 30.5 Å². The molecule has 0 saturated heterocycles. The lowest BCUT2D eigenvalue weighted by molar-refractivity contribution is -0.137. The first kappa shape index (κ1) is 16.6. The highest BCUT2D eigenvalue weighted by molar-refractivity contribution is 7.90. The van der Waals surface area contributed by atoms with Crippen molar-refractivity contribution in [3.05, 3.63) is 47.0 Å². The normalized spacial score (nSPS) is 12.4. The SMILES string of the molecule is CS(=O)(=O)c1ccc(-c2cc(C(F)(F)F)ccc2O)c(Cl)c1. The molecule has 0 heterocycles. The highest BCUT2D eigenvalue weighted by Crippen LogP contribution is 2.39.